The Bertz CT molecular complexity index is 1030. The minimum Gasteiger partial charge on any atom is -0.436 e. The van der Waals surface area contributed by atoms with Gasteiger partial charge in [-0.25, -0.2) is 9.97 Å². The van der Waals surface area contributed by atoms with E-state index in [1.54, 1.807) is 68.0 Å². The van der Waals surface area contributed by atoms with Crippen LogP contribution in [0.4, 0.5) is 5.82 Å². The lowest BCUT2D eigenvalue weighted by Gasteiger charge is -2.35. The van der Waals surface area contributed by atoms with E-state index in [0.717, 1.165) is 0 Å². The normalized spacial score (nSPS) is 13.8. The van der Waals surface area contributed by atoms with Crippen molar-refractivity contribution in [1.29, 1.82) is 0 Å². The molecule has 0 radical (unpaired) electrons. The highest BCUT2D eigenvalue weighted by atomic mass is 16.5. The number of aromatic nitrogens is 3. The predicted octanol–water partition coefficient (Wildman–Crippen LogP) is 2.56. The molecular weight excluding hydrogens is 382 g/mol. The lowest BCUT2D eigenvalue weighted by Crippen LogP contribution is -2.48. The van der Waals surface area contributed by atoms with Crippen molar-refractivity contribution in [2.24, 2.45) is 0 Å². The summed E-state index contributed by atoms with van der Waals surface area (Å²) in [7, 11) is 0. The van der Waals surface area contributed by atoms with Gasteiger partial charge in [-0.2, -0.15) is 0 Å². The Balaban J connectivity index is 1.48. The number of hydrogen-bond acceptors (Lipinski definition) is 7. The second kappa shape index (κ2) is 8.69. The first-order valence-corrected chi connectivity index (χ1v) is 9.67. The molecule has 3 heterocycles. The number of benzene rings is 1. The summed E-state index contributed by atoms with van der Waals surface area (Å²) in [6, 6.07) is 12.1. The van der Waals surface area contributed by atoms with Crippen LogP contribution in [0.1, 0.15) is 23.0 Å². The molecule has 1 aliphatic rings. The van der Waals surface area contributed by atoms with Crippen molar-refractivity contribution < 1.29 is 14.3 Å². The van der Waals surface area contributed by atoms with E-state index in [4.69, 9.17) is 4.74 Å². The maximum atomic E-state index is 12.5. The third-order valence-corrected chi connectivity index (χ3v) is 4.90. The van der Waals surface area contributed by atoms with Gasteiger partial charge in [-0.15, -0.1) is 0 Å². The van der Waals surface area contributed by atoms with E-state index in [0.29, 0.717) is 54.9 Å². The summed E-state index contributed by atoms with van der Waals surface area (Å²) in [6.45, 7) is 4.17. The summed E-state index contributed by atoms with van der Waals surface area (Å²) in [4.78, 5) is 40.7. The molecule has 1 amide bonds. The number of ether oxygens (including phenoxy) is 1. The number of amides is 1. The third kappa shape index (κ3) is 4.27. The Morgan fingerprint density at radius 3 is 2.27 bits per heavy atom. The number of carbonyl (C=O) groups is 2. The van der Waals surface area contributed by atoms with Gasteiger partial charge in [-0.05, 0) is 36.4 Å². The zero-order valence-electron chi connectivity index (χ0n) is 16.6. The van der Waals surface area contributed by atoms with Gasteiger partial charge in [0.05, 0.1) is 0 Å². The lowest BCUT2D eigenvalue weighted by atomic mass is 10.1. The van der Waals surface area contributed by atoms with Crippen molar-refractivity contribution in [3.05, 3.63) is 72.3 Å². The fraction of sp³-hybridized carbons (Fsp3) is 0.227. The number of anilines is 1. The highest BCUT2D eigenvalue weighted by molar-refractivity contribution is 6.07. The first-order chi connectivity index (χ1) is 14.6. The molecule has 0 N–H and O–H groups in total. The topological polar surface area (TPSA) is 88.5 Å². The maximum Gasteiger partial charge on any atom is 0.263 e. The Morgan fingerprint density at radius 2 is 1.60 bits per heavy atom. The Kier molecular flexibility index (Phi) is 5.65. The quantitative estimate of drug-likeness (QED) is 0.605. The van der Waals surface area contributed by atoms with E-state index in [1.165, 1.54) is 0 Å². The number of piperazine rings is 1. The first-order valence-electron chi connectivity index (χ1n) is 9.67. The fourth-order valence-electron chi connectivity index (χ4n) is 3.27. The minimum absolute atomic E-state index is 0.0746. The van der Waals surface area contributed by atoms with E-state index < -0.39 is 0 Å². The number of pyridine rings is 1. The van der Waals surface area contributed by atoms with Gasteiger partial charge in [0.2, 0.25) is 11.7 Å². The van der Waals surface area contributed by atoms with E-state index in [1.807, 2.05) is 4.90 Å². The molecule has 0 spiro atoms. The van der Waals surface area contributed by atoms with E-state index >= 15 is 0 Å². The molecule has 1 aromatic carbocycles. The standard InChI is InChI=1S/C22H21N5O3/c1-16(28)26-12-14-27(15-13-26)21-22(25-11-10-24-21)30-18-7-5-17(6-8-18)20(29)19-4-2-3-9-23-19/h2-11H,12-15H2,1H3. The van der Waals surface area contributed by atoms with Crippen molar-refractivity contribution in [3.63, 3.8) is 0 Å². The van der Waals surface area contributed by atoms with Crippen LogP contribution in [0.15, 0.2) is 61.1 Å². The molecule has 2 aromatic heterocycles. The average Bonchev–Trinajstić information content (AvgIpc) is 2.80. The van der Waals surface area contributed by atoms with Crippen molar-refractivity contribution in [1.82, 2.24) is 19.9 Å². The van der Waals surface area contributed by atoms with Crippen LogP contribution in [0, 0.1) is 0 Å². The Hall–Kier alpha value is -3.81. The van der Waals surface area contributed by atoms with Crippen molar-refractivity contribution in [3.8, 4) is 11.6 Å². The molecule has 1 fully saturated rings. The molecule has 3 aromatic rings. The second-order valence-corrected chi connectivity index (χ2v) is 6.85. The molecule has 0 unspecified atom stereocenters. The van der Waals surface area contributed by atoms with Crippen molar-refractivity contribution >= 4 is 17.5 Å². The molecule has 0 aliphatic carbocycles. The van der Waals surface area contributed by atoms with Gasteiger partial charge in [-0.1, -0.05) is 6.07 Å². The zero-order valence-corrected chi connectivity index (χ0v) is 16.6. The van der Waals surface area contributed by atoms with Crippen LogP contribution in [-0.4, -0.2) is 57.7 Å². The monoisotopic (exact) mass is 403 g/mol. The van der Waals surface area contributed by atoms with Gasteiger partial charge in [0.15, 0.2) is 5.82 Å². The Labute approximate surface area is 174 Å². The van der Waals surface area contributed by atoms with Crippen LogP contribution in [0.5, 0.6) is 11.6 Å². The highest BCUT2D eigenvalue weighted by Gasteiger charge is 2.23. The Morgan fingerprint density at radius 1 is 0.867 bits per heavy atom. The lowest BCUT2D eigenvalue weighted by molar-refractivity contribution is -0.129. The number of nitrogens with zero attached hydrogens (tertiary/aromatic N) is 5. The number of hydrogen-bond donors (Lipinski definition) is 0. The van der Waals surface area contributed by atoms with E-state index in [2.05, 4.69) is 19.9 Å². The molecular formula is C22H21N5O3. The molecule has 0 saturated carbocycles. The summed E-state index contributed by atoms with van der Waals surface area (Å²) < 4.78 is 5.95. The van der Waals surface area contributed by atoms with Gasteiger partial charge in [0, 0.05) is 57.3 Å². The van der Waals surface area contributed by atoms with Gasteiger partial charge < -0.3 is 14.5 Å². The van der Waals surface area contributed by atoms with Crippen molar-refractivity contribution in [2.75, 3.05) is 31.1 Å². The average molecular weight is 403 g/mol. The summed E-state index contributed by atoms with van der Waals surface area (Å²) in [5, 5.41) is 0. The smallest absolute Gasteiger partial charge is 0.263 e. The van der Waals surface area contributed by atoms with Crippen LogP contribution < -0.4 is 9.64 Å². The molecule has 8 nitrogen and oxygen atoms in total. The predicted molar refractivity (Wildman–Crippen MR) is 111 cm³/mol. The van der Waals surface area contributed by atoms with Crippen LogP contribution in [0.2, 0.25) is 0 Å². The van der Waals surface area contributed by atoms with E-state index in [-0.39, 0.29) is 11.7 Å². The van der Waals surface area contributed by atoms with Crippen molar-refractivity contribution in [2.45, 2.75) is 6.92 Å². The largest absolute Gasteiger partial charge is 0.436 e. The molecule has 1 saturated heterocycles. The number of ketones is 1. The molecule has 8 heteroatoms. The first kappa shape index (κ1) is 19.5. The molecule has 0 bridgehead atoms. The summed E-state index contributed by atoms with van der Waals surface area (Å²) in [5.41, 5.74) is 0.924. The SMILES string of the molecule is CC(=O)N1CCN(c2nccnc2Oc2ccc(C(=O)c3ccccn3)cc2)CC1. The summed E-state index contributed by atoms with van der Waals surface area (Å²) in [6.07, 6.45) is 4.79. The van der Waals surface area contributed by atoms with Crippen LogP contribution in [0.25, 0.3) is 0 Å². The molecule has 152 valence electrons. The van der Waals surface area contributed by atoms with Gasteiger partial charge in [0.25, 0.3) is 5.88 Å². The molecule has 0 atom stereocenters. The van der Waals surface area contributed by atoms with Crippen LogP contribution >= 0.6 is 0 Å². The minimum atomic E-state index is -0.148. The van der Waals surface area contributed by atoms with Gasteiger partial charge in [-0.3, -0.25) is 14.6 Å². The number of carbonyl (C=O) groups excluding carboxylic acids is 2. The zero-order chi connectivity index (χ0) is 20.9. The van der Waals surface area contributed by atoms with Gasteiger partial charge in [0.1, 0.15) is 11.4 Å². The third-order valence-electron chi connectivity index (χ3n) is 4.90. The molecule has 30 heavy (non-hydrogen) atoms. The van der Waals surface area contributed by atoms with Gasteiger partial charge >= 0.3 is 0 Å². The summed E-state index contributed by atoms with van der Waals surface area (Å²) >= 11 is 0. The molecule has 4 rings (SSSR count). The number of rotatable bonds is 5. The van der Waals surface area contributed by atoms with Crippen LogP contribution in [0.3, 0.4) is 0 Å². The highest BCUT2D eigenvalue weighted by Crippen LogP contribution is 2.29. The van der Waals surface area contributed by atoms with E-state index in [9.17, 15) is 9.59 Å². The second-order valence-electron chi connectivity index (χ2n) is 6.85. The maximum absolute atomic E-state index is 12.5. The summed E-state index contributed by atoms with van der Waals surface area (Å²) in [5.74, 6) is 1.50. The molecule has 1 aliphatic heterocycles. The fourth-order valence-corrected chi connectivity index (χ4v) is 3.27. The van der Waals surface area contributed by atoms with Crippen LogP contribution in [-0.2, 0) is 4.79 Å².